The van der Waals surface area contributed by atoms with Gasteiger partial charge >= 0.3 is 5.97 Å². The minimum Gasteiger partial charge on any atom is -0.457 e. The highest BCUT2D eigenvalue weighted by molar-refractivity contribution is 6.20. The average molecular weight is 308 g/mol. The molecule has 0 radical (unpaired) electrons. The van der Waals surface area contributed by atoms with Gasteiger partial charge in [-0.1, -0.05) is 51.2 Å². The Labute approximate surface area is 133 Å². The number of ketones is 2. The molecule has 4 nitrogen and oxygen atoms in total. The molecule has 1 heterocycles. The molecule has 1 aliphatic rings. The average Bonchev–Trinajstić information content (AvgIpc) is 2.83. The lowest BCUT2D eigenvalue weighted by Crippen LogP contribution is -2.25. The van der Waals surface area contributed by atoms with E-state index in [1.165, 1.54) is 32.1 Å². The lowest BCUT2D eigenvalue weighted by molar-refractivity contribution is -0.144. The Morgan fingerprint density at radius 3 is 2.32 bits per heavy atom. The topological polar surface area (TPSA) is 60.4 Å². The summed E-state index contributed by atoms with van der Waals surface area (Å²) in [7, 11) is 0. The van der Waals surface area contributed by atoms with Gasteiger partial charge in [0, 0.05) is 6.42 Å². The molecule has 0 aromatic rings. The molecule has 0 aromatic carbocycles. The van der Waals surface area contributed by atoms with E-state index in [1.54, 1.807) is 0 Å². The van der Waals surface area contributed by atoms with Gasteiger partial charge in [-0.15, -0.1) is 0 Å². The maximum atomic E-state index is 11.8. The van der Waals surface area contributed by atoms with Gasteiger partial charge in [0.25, 0.3) is 0 Å². The first-order valence-corrected chi connectivity index (χ1v) is 8.54. The Kier molecular flexibility index (Phi) is 9.44. The summed E-state index contributed by atoms with van der Waals surface area (Å²) in [6.07, 6.45) is 14.8. The summed E-state index contributed by atoms with van der Waals surface area (Å²) in [4.78, 5) is 34.4. The zero-order valence-corrected chi connectivity index (χ0v) is 13.6. The van der Waals surface area contributed by atoms with Crippen molar-refractivity contribution in [1.29, 1.82) is 0 Å². The van der Waals surface area contributed by atoms with Crippen molar-refractivity contribution in [2.45, 2.75) is 71.1 Å². The second kappa shape index (κ2) is 11.2. The van der Waals surface area contributed by atoms with Gasteiger partial charge in [0.05, 0.1) is 0 Å². The van der Waals surface area contributed by atoms with Gasteiger partial charge < -0.3 is 4.74 Å². The van der Waals surface area contributed by atoms with E-state index in [0.29, 0.717) is 6.42 Å². The summed E-state index contributed by atoms with van der Waals surface area (Å²) in [5.74, 6) is -2.44. The molecule has 124 valence electrons. The number of rotatable bonds is 12. The molecule has 0 N–H and O–H groups in total. The Morgan fingerprint density at radius 2 is 1.68 bits per heavy atom. The first kappa shape index (κ1) is 18.6. The molecular weight excluding hydrogens is 280 g/mol. The predicted molar refractivity (Wildman–Crippen MR) is 85.4 cm³/mol. The second-order valence-corrected chi connectivity index (χ2v) is 5.89. The number of esters is 1. The maximum Gasteiger partial charge on any atom is 0.324 e. The van der Waals surface area contributed by atoms with Crippen LogP contribution in [0.1, 0.15) is 71.1 Å². The van der Waals surface area contributed by atoms with E-state index in [-0.39, 0.29) is 18.2 Å². The fourth-order valence-electron chi connectivity index (χ4n) is 2.57. The predicted octanol–water partition coefficient (Wildman–Crippen LogP) is 3.77. The van der Waals surface area contributed by atoms with Gasteiger partial charge in [-0.05, 0) is 25.7 Å². The van der Waals surface area contributed by atoms with E-state index in [1.807, 2.05) is 0 Å². The first-order chi connectivity index (χ1) is 10.7. The SMILES string of the molecule is CCCC=CCCCCCCCCC(=O)C1C(=O)COC1=O. The molecule has 4 heteroatoms. The zero-order chi connectivity index (χ0) is 16.2. The molecule has 0 saturated carbocycles. The number of unbranched alkanes of at least 4 members (excludes halogenated alkanes) is 7. The van der Waals surface area contributed by atoms with E-state index in [0.717, 1.165) is 25.7 Å². The number of cyclic esters (lactones) is 1. The van der Waals surface area contributed by atoms with E-state index < -0.39 is 11.9 Å². The second-order valence-electron chi connectivity index (χ2n) is 5.89. The van der Waals surface area contributed by atoms with E-state index in [2.05, 4.69) is 23.8 Å². The molecule has 0 spiro atoms. The van der Waals surface area contributed by atoms with Gasteiger partial charge in [-0.2, -0.15) is 0 Å². The molecule has 0 aliphatic carbocycles. The highest BCUT2D eigenvalue weighted by atomic mass is 16.5. The lowest BCUT2D eigenvalue weighted by atomic mass is 9.96. The van der Waals surface area contributed by atoms with E-state index in [9.17, 15) is 14.4 Å². The summed E-state index contributed by atoms with van der Waals surface area (Å²) < 4.78 is 4.59. The van der Waals surface area contributed by atoms with Crippen LogP contribution in [0, 0.1) is 5.92 Å². The number of hydrogen-bond donors (Lipinski definition) is 0. The van der Waals surface area contributed by atoms with Crippen LogP contribution in [0.2, 0.25) is 0 Å². The van der Waals surface area contributed by atoms with Crippen molar-refractivity contribution in [3.8, 4) is 0 Å². The Hall–Kier alpha value is -1.45. The van der Waals surface area contributed by atoms with Crippen LogP contribution in [-0.4, -0.2) is 24.1 Å². The summed E-state index contributed by atoms with van der Waals surface area (Å²) in [5.41, 5.74) is 0. The number of carbonyl (C=O) groups excluding carboxylic acids is 3. The minimum absolute atomic E-state index is 0.234. The van der Waals surface area contributed by atoms with Crippen molar-refractivity contribution in [2.75, 3.05) is 6.61 Å². The third-order valence-corrected chi connectivity index (χ3v) is 3.90. The number of hydrogen-bond acceptors (Lipinski definition) is 4. The summed E-state index contributed by atoms with van der Waals surface area (Å²) in [6.45, 7) is 1.95. The molecule has 0 aromatic heterocycles. The molecule has 1 unspecified atom stereocenters. The van der Waals surface area contributed by atoms with Crippen LogP contribution in [0.5, 0.6) is 0 Å². The molecule has 1 atom stereocenters. The van der Waals surface area contributed by atoms with Crippen LogP contribution >= 0.6 is 0 Å². The van der Waals surface area contributed by atoms with Crippen LogP contribution in [0.15, 0.2) is 12.2 Å². The normalized spacial score (nSPS) is 18.1. The molecule has 0 bridgehead atoms. The number of ether oxygens (including phenoxy) is 1. The van der Waals surface area contributed by atoms with Crippen molar-refractivity contribution in [3.63, 3.8) is 0 Å². The Morgan fingerprint density at radius 1 is 1.05 bits per heavy atom. The summed E-state index contributed by atoms with van der Waals surface area (Å²) >= 11 is 0. The highest BCUT2D eigenvalue weighted by Gasteiger charge is 2.40. The van der Waals surface area contributed by atoms with E-state index >= 15 is 0 Å². The fourth-order valence-corrected chi connectivity index (χ4v) is 2.57. The van der Waals surface area contributed by atoms with E-state index in [4.69, 9.17) is 0 Å². The zero-order valence-electron chi connectivity index (χ0n) is 13.6. The monoisotopic (exact) mass is 308 g/mol. The summed E-state index contributed by atoms with van der Waals surface area (Å²) in [6, 6.07) is 0. The van der Waals surface area contributed by atoms with Crippen LogP contribution in [-0.2, 0) is 19.1 Å². The van der Waals surface area contributed by atoms with Crippen LogP contribution in [0.3, 0.4) is 0 Å². The first-order valence-electron chi connectivity index (χ1n) is 8.54. The van der Waals surface area contributed by atoms with Crippen LogP contribution in [0.4, 0.5) is 0 Å². The van der Waals surface area contributed by atoms with Gasteiger partial charge in [-0.25, -0.2) is 0 Å². The number of allylic oxidation sites excluding steroid dienone is 2. The molecule has 1 fully saturated rings. The van der Waals surface area contributed by atoms with Gasteiger partial charge in [0.1, 0.15) is 0 Å². The number of Topliss-reactive ketones (excluding diaryl/α,β-unsaturated/α-hetero) is 2. The van der Waals surface area contributed by atoms with Crippen molar-refractivity contribution >= 4 is 17.5 Å². The minimum atomic E-state index is -1.13. The van der Waals surface area contributed by atoms with Gasteiger partial charge in [0.15, 0.2) is 24.1 Å². The third kappa shape index (κ3) is 7.01. The molecular formula is C18H28O4. The largest absolute Gasteiger partial charge is 0.457 e. The fraction of sp³-hybridized carbons (Fsp3) is 0.722. The Balaban J connectivity index is 1.96. The van der Waals surface area contributed by atoms with Gasteiger partial charge in [-0.3, -0.25) is 14.4 Å². The van der Waals surface area contributed by atoms with Crippen molar-refractivity contribution in [3.05, 3.63) is 12.2 Å². The molecule has 1 saturated heterocycles. The van der Waals surface area contributed by atoms with Crippen molar-refractivity contribution in [1.82, 2.24) is 0 Å². The third-order valence-electron chi connectivity index (χ3n) is 3.90. The molecule has 22 heavy (non-hydrogen) atoms. The maximum absolute atomic E-state index is 11.8. The smallest absolute Gasteiger partial charge is 0.324 e. The van der Waals surface area contributed by atoms with Crippen molar-refractivity contribution < 1.29 is 19.1 Å². The summed E-state index contributed by atoms with van der Waals surface area (Å²) in [5, 5.41) is 0. The molecule has 0 amide bonds. The standard InChI is InChI=1S/C18H28O4/c1-2-3-4-5-6-7-8-9-10-11-12-13-15(19)17-16(20)14-22-18(17)21/h4-5,17H,2-3,6-14H2,1H3. The van der Waals surface area contributed by atoms with Crippen LogP contribution in [0.25, 0.3) is 0 Å². The molecule has 1 rings (SSSR count). The quantitative estimate of drug-likeness (QED) is 0.238. The Bertz CT molecular complexity index is 382. The highest BCUT2D eigenvalue weighted by Crippen LogP contribution is 2.16. The van der Waals surface area contributed by atoms with Crippen molar-refractivity contribution in [2.24, 2.45) is 5.92 Å². The van der Waals surface area contributed by atoms with Crippen LogP contribution < -0.4 is 0 Å². The number of carbonyl (C=O) groups is 3. The lowest BCUT2D eigenvalue weighted by Gasteiger charge is -2.04. The van der Waals surface area contributed by atoms with Gasteiger partial charge in [0.2, 0.25) is 0 Å². The molecule has 1 aliphatic heterocycles.